The molecular formula is C18H21N5OS. The Bertz CT molecular complexity index is 896. The fourth-order valence-corrected chi connectivity index (χ4v) is 3.88. The summed E-state index contributed by atoms with van der Waals surface area (Å²) in [5.74, 6) is 0.985. The van der Waals surface area contributed by atoms with Gasteiger partial charge >= 0.3 is 0 Å². The highest BCUT2D eigenvalue weighted by atomic mass is 32.2. The minimum absolute atomic E-state index is 0.236. The molecule has 3 aromatic rings. The van der Waals surface area contributed by atoms with Crippen LogP contribution in [-0.2, 0) is 4.18 Å². The van der Waals surface area contributed by atoms with Crippen molar-refractivity contribution in [1.82, 2.24) is 19.3 Å². The maximum absolute atomic E-state index is 5.21. The number of aromatic nitrogens is 3. The second-order valence-corrected chi connectivity index (χ2v) is 7.15. The second kappa shape index (κ2) is 6.67. The molecule has 3 aromatic heterocycles. The molecule has 0 aliphatic carbocycles. The van der Waals surface area contributed by atoms with E-state index in [4.69, 9.17) is 9.17 Å². The summed E-state index contributed by atoms with van der Waals surface area (Å²) in [5.41, 5.74) is 4.08. The minimum Gasteiger partial charge on any atom is -0.345 e. The molecule has 7 heteroatoms. The second-order valence-electron chi connectivity index (χ2n) is 6.20. The summed E-state index contributed by atoms with van der Waals surface area (Å²) in [4.78, 5) is 14.9. The molecule has 0 spiro atoms. The molecule has 0 saturated carbocycles. The first-order valence-corrected chi connectivity index (χ1v) is 9.02. The van der Waals surface area contributed by atoms with Crippen LogP contribution in [0.25, 0.3) is 22.3 Å². The third kappa shape index (κ3) is 2.99. The molecular weight excluding hydrogens is 334 g/mol. The molecule has 4 rings (SSSR count). The van der Waals surface area contributed by atoms with Gasteiger partial charge < -0.3 is 14.1 Å². The van der Waals surface area contributed by atoms with Crippen molar-refractivity contribution in [2.75, 3.05) is 25.1 Å². The standard InChI is InChI=1S/C18H21N5OS/c1-12-9-14-15(11-20-18(14)19-10-12)16-5-4-6-17(21-16)22-7-8-23(13(22)2)25-24-3/h4-6,9-11,13H,7-8H2,1-3H3,(H,19,20). The topological polar surface area (TPSA) is 57.3 Å². The molecule has 4 heterocycles. The van der Waals surface area contributed by atoms with Gasteiger partial charge in [-0.1, -0.05) is 6.07 Å². The molecule has 1 saturated heterocycles. The molecule has 1 N–H and O–H groups in total. The lowest BCUT2D eigenvalue weighted by molar-refractivity contribution is 0.396. The first-order valence-electron chi connectivity index (χ1n) is 8.32. The Hall–Kier alpha value is -2.09. The highest BCUT2D eigenvalue weighted by molar-refractivity contribution is 7.92. The van der Waals surface area contributed by atoms with Gasteiger partial charge in [-0.15, -0.1) is 0 Å². The van der Waals surface area contributed by atoms with Gasteiger partial charge in [0.15, 0.2) is 0 Å². The van der Waals surface area contributed by atoms with E-state index < -0.39 is 0 Å². The van der Waals surface area contributed by atoms with Gasteiger partial charge in [-0.2, -0.15) is 0 Å². The van der Waals surface area contributed by atoms with Crippen molar-refractivity contribution in [3.8, 4) is 11.3 Å². The van der Waals surface area contributed by atoms with Crippen LogP contribution in [0, 0.1) is 6.92 Å². The Balaban J connectivity index is 1.69. The van der Waals surface area contributed by atoms with Gasteiger partial charge in [-0.3, -0.25) is 0 Å². The van der Waals surface area contributed by atoms with Crippen LogP contribution in [0.2, 0.25) is 0 Å². The number of nitrogens with zero attached hydrogens (tertiary/aromatic N) is 4. The first kappa shape index (κ1) is 16.4. The molecule has 1 aliphatic heterocycles. The quantitative estimate of drug-likeness (QED) is 0.570. The number of fused-ring (bicyclic) bond motifs is 1. The highest BCUT2D eigenvalue weighted by Gasteiger charge is 2.30. The lowest BCUT2D eigenvalue weighted by Crippen LogP contribution is -2.33. The lowest BCUT2D eigenvalue weighted by Gasteiger charge is -2.26. The van der Waals surface area contributed by atoms with Crippen LogP contribution in [0.1, 0.15) is 12.5 Å². The molecule has 1 fully saturated rings. The number of aromatic amines is 1. The average molecular weight is 355 g/mol. The molecule has 0 bridgehead atoms. The maximum Gasteiger partial charge on any atom is 0.137 e. The number of rotatable bonds is 4. The highest BCUT2D eigenvalue weighted by Crippen LogP contribution is 2.31. The normalized spacial score (nSPS) is 18.4. The number of nitrogens with one attached hydrogen (secondary N) is 1. The Morgan fingerprint density at radius 3 is 3.04 bits per heavy atom. The van der Waals surface area contributed by atoms with Gasteiger partial charge in [-0.05, 0) is 37.6 Å². The van der Waals surface area contributed by atoms with Crippen molar-refractivity contribution in [3.63, 3.8) is 0 Å². The Morgan fingerprint density at radius 1 is 1.32 bits per heavy atom. The predicted octanol–water partition coefficient (Wildman–Crippen LogP) is 3.61. The molecule has 25 heavy (non-hydrogen) atoms. The Kier molecular flexibility index (Phi) is 4.37. The van der Waals surface area contributed by atoms with E-state index in [1.807, 2.05) is 12.4 Å². The van der Waals surface area contributed by atoms with Crippen LogP contribution in [-0.4, -0.2) is 45.6 Å². The summed E-state index contributed by atoms with van der Waals surface area (Å²) in [6.45, 7) is 6.11. The largest absolute Gasteiger partial charge is 0.345 e. The van der Waals surface area contributed by atoms with E-state index in [1.54, 1.807) is 7.11 Å². The zero-order valence-corrected chi connectivity index (χ0v) is 15.4. The van der Waals surface area contributed by atoms with Gasteiger partial charge in [0.05, 0.1) is 31.2 Å². The van der Waals surface area contributed by atoms with Crippen molar-refractivity contribution in [2.24, 2.45) is 0 Å². The fraction of sp³-hybridized carbons (Fsp3) is 0.333. The zero-order chi connectivity index (χ0) is 17.4. The van der Waals surface area contributed by atoms with Crippen LogP contribution < -0.4 is 4.90 Å². The smallest absolute Gasteiger partial charge is 0.137 e. The van der Waals surface area contributed by atoms with Crippen LogP contribution in [0.15, 0.2) is 36.7 Å². The number of hydrogen-bond donors (Lipinski definition) is 1. The van der Waals surface area contributed by atoms with Gasteiger partial charge in [0.2, 0.25) is 0 Å². The molecule has 1 atom stereocenters. The third-order valence-corrected chi connectivity index (χ3v) is 5.40. The van der Waals surface area contributed by atoms with Gasteiger partial charge in [-0.25, -0.2) is 14.3 Å². The SMILES string of the molecule is COSN1CCN(c2cccc(-c3c[nH]c4ncc(C)cc34)n2)C1C. The molecule has 0 aromatic carbocycles. The summed E-state index contributed by atoms with van der Waals surface area (Å²) in [7, 11) is 1.70. The van der Waals surface area contributed by atoms with Crippen molar-refractivity contribution in [3.05, 3.63) is 42.2 Å². The summed E-state index contributed by atoms with van der Waals surface area (Å²) >= 11 is 1.40. The summed E-state index contributed by atoms with van der Waals surface area (Å²) < 4.78 is 7.42. The van der Waals surface area contributed by atoms with E-state index in [1.165, 1.54) is 12.2 Å². The molecule has 0 amide bonds. The molecule has 1 aliphatic rings. The molecule has 130 valence electrons. The van der Waals surface area contributed by atoms with Crippen LogP contribution in [0.5, 0.6) is 0 Å². The average Bonchev–Trinajstić information content (AvgIpc) is 3.19. The van der Waals surface area contributed by atoms with Crippen LogP contribution in [0.3, 0.4) is 0 Å². The number of anilines is 1. The van der Waals surface area contributed by atoms with Crippen LogP contribution >= 0.6 is 12.2 Å². The Labute approximate surface area is 151 Å². The van der Waals surface area contributed by atoms with E-state index >= 15 is 0 Å². The summed E-state index contributed by atoms with van der Waals surface area (Å²) in [6, 6.07) is 8.34. The third-order valence-electron chi connectivity index (χ3n) is 4.57. The summed E-state index contributed by atoms with van der Waals surface area (Å²) in [5, 5.41) is 1.11. The van der Waals surface area contributed by atoms with E-state index in [0.29, 0.717) is 0 Å². The van der Waals surface area contributed by atoms with E-state index in [9.17, 15) is 0 Å². The minimum atomic E-state index is 0.236. The number of hydrogen-bond acceptors (Lipinski definition) is 6. The summed E-state index contributed by atoms with van der Waals surface area (Å²) in [6.07, 6.45) is 4.10. The van der Waals surface area contributed by atoms with Crippen molar-refractivity contribution in [2.45, 2.75) is 20.0 Å². The molecule has 0 radical (unpaired) electrons. The molecule has 6 nitrogen and oxygen atoms in total. The number of pyridine rings is 2. The van der Waals surface area contributed by atoms with Crippen LogP contribution in [0.4, 0.5) is 5.82 Å². The first-order chi connectivity index (χ1) is 12.2. The maximum atomic E-state index is 5.21. The van der Waals surface area contributed by atoms with Gasteiger partial charge in [0, 0.05) is 36.4 Å². The fourth-order valence-electron chi connectivity index (χ4n) is 3.29. The molecule has 1 unspecified atom stereocenters. The van der Waals surface area contributed by atoms with Crippen molar-refractivity contribution < 1.29 is 4.18 Å². The van der Waals surface area contributed by atoms with Crippen molar-refractivity contribution in [1.29, 1.82) is 0 Å². The van der Waals surface area contributed by atoms with Gasteiger partial charge in [0.25, 0.3) is 0 Å². The number of H-pyrrole nitrogens is 1. The monoisotopic (exact) mass is 355 g/mol. The van der Waals surface area contributed by atoms with E-state index in [-0.39, 0.29) is 6.17 Å². The lowest BCUT2D eigenvalue weighted by atomic mass is 10.1. The van der Waals surface area contributed by atoms with E-state index in [2.05, 4.69) is 57.3 Å². The number of aryl methyl sites for hydroxylation is 1. The predicted molar refractivity (Wildman–Crippen MR) is 102 cm³/mol. The Morgan fingerprint density at radius 2 is 2.20 bits per heavy atom. The van der Waals surface area contributed by atoms with Crippen molar-refractivity contribution >= 4 is 29.1 Å². The van der Waals surface area contributed by atoms with E-state index in [0.717, 1.165) is 46.8 Å². The van der Waals surface area contributed by atoms with Gasteiger partial charge in [0.1, 0.15) is 11.5 Å². The zero-order valence-electron chi connectivity index (χ0n) is 14.6.